The highest BCUT2D eigenvalue weighted by Crippen LogP contribution is 2.32. The summed E-state index contributed by atoms with van der Waals surface area (Å²) in [6.07, 6.45) is 0. The Labute approximate surface area is 123 Å². The summed E-state index contributed by atoms with van der Waals surface area (Å²) in [4.78, 5) is 0. The molecule has 0 aliphatic carbocycles. The van der Waals surface area contributed by atoms with Gasteiger partial charge in [0.1, 0.15) is 22.5 Å². The molecule has 0 amide bonds. The van der Waals surface area contributed by atoms with E-state index in [4.69, 9.17) is 28.5 Å². The molecule has 1 heterocycles. The van der Waals surface area contributed by atoms with Crippen LogP contribution in [0.4, 0.5) is 9.39 Å². The van der Waals surface area contributed by atoms with E-state index in [9.17, 15) is 4.39 Å². The van der Waals surface area contributed by atoms with Gasteiger partial charge in [0.25, 0.3) is 0 Å². The molecular formula is C12H8Cl2FN3S. The maximum atomic E-state index is 13.0. The molecule has 0 spiro atoms. The molecule has 0 aliphatic rings. The Morgan fingerprint density at radius 2 is 2.21 bits per heavy atom. The normalized spacial score (nSPS) is 11.9. The molecule has 0 saturated heterocycles. The van der Waals surface area contributed by atoms with E-state index in [1.807, 2.05) is 13.0 Å². The topological polar surface area (TPSA) is 48.7 Å². The van der Waals surface area contributed by atoms with Gasteiger partial charge in [0.2, 0.25) is 0 Å². The Morgan fingerprint density at radius 3 is 2.84 bits per heavy atom. The zero-order valence-electron chi connectivity index (χ0n) is 9.75. The van der Waals surface area contributed by atoms with E-state index in [1.54, 1.807) is 6.07 Å². The zero-order chi connectivity index (χ0) is 14.0. The molecule has 2 rings (SSSR count). The first-order chi connectivity index (χ1) is 9.02. The van der Waals surface area contributed by atoms with Crippen LogP contribution in [0.25, 0.3) is 0 Å². The molecule has 0 radical (unpaired) electrons. The minimum absolute atomic E-state index is 0.174. The fourth-order valence-corrected chi connectivity index (χ4v) is 2.95. The predicted octanol–water partition coefficient (Wildman–Crippen LogP) is 4.63. The summed E-state index contributed by atoms with van der Waals surface area (Å²) < 4.78 is 16.9. The highest BCUT2D eigenvalue weighted by Gasteiger charge is 2.16. The average Bonchev–Trinajstić information content (AvgIpc) is 2.69. The second-order valence-electron chi connectivity index (χ2n) is 3.82. The van der Waals surface area contributed by atoms with Crippen LogP contribution in [0.5, 0.6) is 0 Å². The minimum atomic E-state index is -0.389. The summed E-state index contributed by atoms with van der Waals surface area (Å²) in [7, 11) is 0. The van der Waals surface area contributed by atoms with Crippen LogP contribution in [0.15, 0.2) is 18.2 Å². The van der Waals surface area contributed by atoms with Crippen LogP contribution in [0, 0.1) is 17.1 Å². The Balaban J connectivity index is 2.26. The SMILES string of the molecule is CC(Nc1snc(Cl)c1C#N)c1ccc(F)cc1Cl. The van der Waals surface area contributed by atoms with Gasteiger partial charge in [-0.25, -0.2) is 4.39 Å². The van der Waals surface area contributed by atoms with Crippen molar-refractivity contribution in [2.45, 2.75) is 13.0 Å². The number of hydrogen-bond acceptors (Lipinski definition) is 4. The number of nitrogens with one attached hydrogen (secondary N) is 1. The van der Waals surface area contributed by atoms with Crippen molar-refractivity contribution in [2.24, 2.45) is 0 Å². The third-order valence-corrected chi connectivity index (χ3v) is 4.02. The quantitative estimate of drug-likeness (QED) is 0.898. The van der Waals surface area contributed by atoms with E-state index in [0.717, 1.165) is 17.1 Å². The molecule has 1 aromatic heterocycles. The minimum Gasteiger partial charge on any atom is -0.368 e. The van der Waals surface area contributed by atoms with Gasteiger partial charge in [-0.3, -0.25) is 0 Å². The lowest BCUT2D eigenvalue weighted by Gasteiger charge is -2.15. The van der Waals surface area contributed by atoms with Crippen LogP contribution in [0.3, 0.4) is 0 Å². The monoisotopic (exact) mass is 315 g/mol. The van der Waals surface area contributed by atoms with Crippen molar-refractivity contribution < 1.29 is 4.39 Å². The van der Waals surface area contributed by atoms with Gasteiger partial charge in [-0.1, -0.05) is 29.3 Å². The van der Waals surface area contributed by atoms with Gasteiger partial charge in [0, 0.05) is 5.02 Å². The van der Waals surface area contributed by atoms with Gasteiger partial charge in [0.15, 0.2) is 5.15 Å². The number of nitriles is 1. The molecule has 7 heteroatoms. The van der Waals surface area contributed by atoms with Gasteiger partial charge in [-0.05, 0) is 36.2 Å². The molecule has 0 fully saturated rings. The van der Waals surface area contributed by atoms with E-state index in [2.05, 4.69) is 9.69 Å². The van der Waals surface area contributed by atoms with Crippen molar-refractivity contribution in [2.75, 3.05) is 5.32 Å². The van der Waals surface area contributed by atoms with Crippen LogP contribution >= 0.6 is 34.7 Å². The van der Waals surface area contributed by atoms with E-state index < -0.39 is 0 Å². The summed E-state index contributed by atoms with van der Waals surface area (Å²) in [5.74, 6) is -0.389. The average molecular weight is 316 g/mol. The first-order valence-electron chi connectivity index (χ1n) is 5.29. The number of benzene rings is 1. The van der Waals surface area contributed by atoms with E-state index >= 15 is 0 Å². The lowest BCUT2D eigenvalue weighted by Crippen LogP contribution is -2.07. The van der Waals surface area contributed by atoms with Crippen LogP contribution in [-0.2, 0) is 0 Å². The Kier molecular flexibility index (Phi) is 4.25. The van der Waals surface area contributed by atoms with E-state index in [1.165, 1.54) is 12.1 Å². The summed E-state index contributed by atoms with van der Waals surface area (Å²) in [6.45, 7) is 1.86. The van der Waals surface area contributed by atoms with Crippen molar-refractivity contribution in [3.63, 3.8) is 0 Å². The third-order valence-electron chi connectivity index (χ3n) is 2.54. The zero-order valence-corrected chi connectivity index (χ0v) is 12.1. The molecule has 1 aromatic carbocycles. The Hall–Kier alpha value is -1.35. The number of nitrogens with zero attached hydrogens (tertiary/aromatic N) is 2. The van der Waals surface area contributed by atoms with Crippen molar-refractivity contribution in [3.05, 3.63) is 45.3 Å². The highest BCUT2D eigenvalue weighted by molar-refractivity contribution is 7.10. The van der Waals surface area contributed by atoms with Crippen molar-refractivity contribution in [3.8, 4) is 6.07 Å². The number of hydrogen-bond donors (Lipinski definition) is 1. The molecular weight excluding hydrogens is 308 g/mol. The molecule has 1 unspecified atom stereocenters. The van der Waals surface area contributed by atoms with Gasteiger partial charge in [-0.15, -0.1) is 0 Å². The second kappa shape index (κ2) is 5.74. The van der Waals surface area contributed by atoms with Crippen LogP contribution in [0.1, 0.15) is 24.1 Å². The molecule has 2 aromatic rings. The largest absolute Gasteiger partial charge is 0.368 e. The molecule has 1 atom stereocenters. The lowest BCUT2D eigenvalue weighted by atomic mass is 10.1. The van der Waals surface area contributed by atoms with Crippen molar-refractivity contribution in [1.29, 1.82) is 5.26 Å². The number of rotatable bonds is 3. The van der Waals surface area contributed by atoms with E-state index in [-0.39, 0.29) is 17.0 Å². The first-order valence-corrected chi connectivity index (χ1v) is 6.82. The number of anilines is 1. The lowest BCUT2D eigenvalue weighted by molar-refractivity contribution is 0.626. The standard InChI is InChI=1S/C12H8Cl2FN3S/c1-6(8-3-2-7(15)4-10(8)13)17-12-9(5-16)11(14)18-19-12/h2-4,6,17H,1H3. The van der Waals surface area contributed by atoms with Gasteiger partial charge >= 0.3 is 0 Å². The predicted molar refractivity (Wildman–Crippen MR) is 75.3 cm³/mol. The first kappa shape index (κ1) is 14.1. The number of aromatic nitrogens is 1. The fraction of sp³-hybridized carbons (Fsp3) is 0.167. The van der Waals surface area contributed by atoms with Crippen LogP contribution < -0.4 is 5.32 Å². The highest BCUT2D eigenvalue weighted by atomic mass is 35.5. The van der Waals surface area contributed by atoms with Crippen molar-refractivity contribution >= 4 is 39.7 Å². The van der Waals surface area contributed by atoms with E-state index in [0.29, 0.717) is 15.6 Å². The third kappa shape index (κ3) is 2.98. The van der Waals surface area contributed by atoms with Crippen molar-refractivity contribution in [1.82, 2.24) is 4.37 Å². The molecule has 98 valence electrons. The number of halogens is 3. The smallest absolute Gasteiger partial charge is 0.162 e. The van der Waals surface area contributed by atoms with Crippen LogP contribution in [-0.4, -0.2) is 4.37 Å². The summed E-state index contributed by atoms with van der Waals surface area (Å²) in [6, 6.07) is 5.98. The van der Waals surface area contributed by atoms with Gasteiger partial charge in [0.05, 0.1) is 6.04 Å². The molecule has 3 nitrogen and oxygen atoms in total. The molecule has 1 N–H and O–H groups in total. The maximum Gasteiger partial charge on any atom is 0.162 e. The molecule has 0 saturated carbocycles. The van der Waals surface area contributed by atoms with Gasteiger partial charge < -0.3 is 5.32 Å². The van der Waals surface area contributed by atoms with Gasteiger partial charge in [-0.2, -0.15) is 9.64 Å². The summed E-state index contributed by atoms with van der Waals surface area (Å²) >= 11 is 12.9. The maximum absolute atomic E-state index is 13.0. The molecule has 19 heavy (non-hydrogen) atoms. The Bertz CT molecular complexity index is 651. The summed E-state index contributed by atoms with van der Waals surface area (Å²) in [5.41, 5.74) is 1.04. The molecule has 0 bridgehead atoms. The van der Waals surface area contributed by atoms with Crippen LogP contribution in [0.2, 0.25) is 10.2 Å². The molecule has 0 aliphatic heterocycles. The Morgan fingerprint density at radius 1 is 1.47 bits per heavy atom. The second-order valence-corrected chi connectivity index (χ2v) is 5.36. The fourth-order valence-electron chi connectivity index (χ4n) is 1.59. The summed E-state index contributed by atoms with van der Waals surface area (Å²) in [5, 5.41) is 13.2.